The number of nitrogens with zero attached hydrogens (tertiary/aromatic N) is 2. The summed E-state index contributed by atoms with van der Waals surface area (Å²) in [4.78, 5) is 18.6. The molecular weight excluding hydrogens is 272 g/mol. The van der Waals surface area contributed by atoms with E-state index < -0.39 is 0 Å². The van der Waals surface area contributed by atoms with Gasteiger partial charge < -0.3 is 9.64 Å². The number of thiazole rings is 1. The van der Waals surface area contributed by atoms with Crippen LogP contribution >= 0.6 is 11.3 Å². The van der Waals surface area contributed by atoms with E-state index in [0.29, 0.717) is 10.6 Å². The van der Waals surface area contributed by atoms with Crippen molar-refractivity contribution in [3.63, 3.8) is 0 Å². The molecule has 0 atom stereocenters. The van der Waals surface area contributed by atoms with Crippen molar-refractivity contribution >= 4 is 28.1 Å². The number of methoxy groups -OCH3 is 1. The van der Waals surface area contributed by atoms with Gasteiger partial charge in [0.1, 0.15) is 4.88 Å². The van der Waals surface area contributed by atoms with Gasteiger partial charge in [-0.3, -0.25) is 0 Å². The van der Waals surface area contributed by atoms with Crippen LogP contribution < -0.4 is 4.90 Å². The summed E-state index contributed by atoms with van der Waals surface area (Å²) in [5.41, 5.74) is 4.17. The van der Waals surface area contributed by atoms with Crippen molar-refractivity contribution in [3.8, 4) is 0 Å². The first-order chi connectivity index (χ1) is 9.42. The molecule has 106 valence electrons. The Kier molecular flexibility index (Phi) is 4.09. The largest absolute Gasteiger partial charge is 0.465 e. The molecule has 0 aliphatic heterocycles. The number of anilines is 2. The number of rotatable bonds is 3. The lowest BCUT2D eigenvalue weighted by atomic mass is 10.1. The first-order valence-corrected chi connectivity index (χ1v) is 7.11. The van der Waals surface area contributed by atoms with Crippen molar-refractivity contribution in [3.05, 3.63) is 39.9 Å². The summed E-state index contributed by atoms with van der Waals surface area (Å²) in [5.74, 6) is -0.333. The minimum absolute atomic E-state index is 0.333. The van der Waals surface area contributed by atoms with Crippen LogP contribution in [0.5, 0.6) is 0 Å². The van der Waals surface area contributed by atoms with Crippen LogP contribution in [0.1, 0.15) is 26.5 Å². The molecule has 0 radical (unpaired) electrons. The molecule has 0 saturated carbocycles. The molecule has 5 heteroatoms. The van der Waals surface area contributed by atoms with Gasteiger partial charge in [-0.1, -0.05) is 17.4 Å². The monoisotopic (exact) mass is 290 g/mol. The van der Waals surface area contributed by atoms with Crippen LogP contribution in [0.3, 0.4) is 0 Å². The minimum atomic E-state index is -0.333. The zero-order valence-corrected chi connectivity index (χ0v) is 13.2. The summed E-state index contributed by atoms with van der Waals surface area (Å²) in [6.07, 6.45) is 0. The van der Waals surface area contributed by atoms with E-state index in [0.717, 1.165) is 10.8 Å². The van der Waals surface area contributed by atoms with E-state index in [-0.39, 0.29) is 5.97 Å². The maximum absolute atomic E-state index is 11.6. The highest BCUT2D eigenvalue weighted by Gasteiger charge is 2.18. The fraction of sp³-hybridized carbons (Fsp3) is 0.333. The van der Waals surface area contributed by atoms with E-state index in [1.807, 2.05) is 18.9 Å². The average Bonchev–Trinajstić information content (AvgIpc) is 2.78. The highest BCUT2D eigenvalue weighted by atomic mass is 32.1. The van der Waals surface area contributed by atoms with Crippen molar-refractivity contribution in [2.45, 2.75) is 20.8 Å². The van der Waals surface area contributed by atoms with Crippen LogP contribution in [0.2, 0.25) is 0 Å². The molecule has 0 N–H and O–H groups in total. The molecule has 0 unspecified atom stereocenters. The van der Waals surface area contributed by atoms with Crippen LogP contribution in [-0.2, 0) is 4.74 Å². The Morgan fingerprint density at radius 2 is 1.80 bits per heavy atom. The standard InChI is InChI=1S/C15H18N2O2S/c1-9-6-10(2)8-12(7-9)17(4)15-16-11(3)13(20-15)14(18)19-5/h6-8H,1-5H3. The lowest BCUT2D eigenvalue weighted by Crippen LogP contribution is -2.09. The Morgan fingerprint density at radius 3 is 2.35 bits per heavy atom. The molecule has 1 heterocycles. The Hall–Kier alpha value is -1.88. The first kappa shape index (κ1) is 14.5. The molecule has 0 aliphatic rings. The topological polar surface area (TPSA) is 42.4 Å². The van der Waals surface area contributed by atoms with Crippen LogP contribution in [0.4, 0.5) is 10.8 Å². The fourth-order valence-electron chi connectivity index (χ4n) is 2.06. The molecule has 2 aromatic rings. The average molecular weight is 290 g/mol. The van der Waals surface area contributed by atoms with Gasteiger partial charge in [0.2, 0.25) is 0 Å². The maximum atomic E-state index is 11.6. The van der Waals surface area contributed by atoms with Crippen molar-refractivity contribution in [1.82, 2.24) is 4.98 Å². The molecule has 0 aliphatic carbocycles. The van der Waals surface area contributed by atoms with E-state index in [1.54, 1.807) is 0 Å². The van der Waals surface area contributed by atoms with Crippen LogP contribution in [-0.4, -0.2) is 25.1 Å². The van der Waals surface area contributed by atoms with Crippen molar-refractivity contribution in [2.75, 3.05) is 19.1 Å². The highest BCUT2D eigenvalue weighted by molar-refractivity contribution is 7.17. The Labute approximate surface area is 123 Å². The minimum Gasteiger partial charge on any atom is -0.465 e. The smallest absolute Gasteiger partial charge is 0.350 e. The van der Waals surface area contributed by atoms with E-state index in [1.165, 1.54) is 29.6 Å². The van der Waals surface area contributed by atoms with Gasteiger partial charge in [0.25, 0.3) is 0 Å². The van der Waals surface area contributed by atoms with Crippen molar-refractivity contribution < 1.29 is 9.53 Å². The molecule has 0 amide bonds. The second-order valence-electron chi connectivity index (χ2n) is 4.81. The van der Waals surface area contributed by atoms with Crippen molar-refractivity contribution in [2.24, 2.45) is 0 Å². The summed E-state index contributed by atoms with van der Waals surface area (Å²) in [5, 5.41) is 0.785. The number of benzene rings is 1. The fourth-order valence-corrected chi connectivity index (χ4v) is 3.03. The number of aromatic nitrogens is 1. The summed E-state index contributed by atoms with van der Waals surface area (Å²) >= 11 is 1.35. The predicted octanol–water partition coefficient (Wildman–Crippen LogP) is 3.62. The Bertz CT molecular complexity index is 629. The van der Waals surface area contributed by atoms with Gasteiger partial charge >= 0.3 is 5.97 Å². The third-order valence-corrected chi connectivity index (χ3v) is 4.25. The quantitative estimate of drug-likeness (QED) is 0.810. The lowest BCUT2D eigenvalue weighted by molar-refractivity contribution is 0.0605. The van der Waals surface area contributed by atoms with Crippen molar-refractivity contribution in [1.29, 1.82) is 0 Å². The zero-order valence-electron chi connectivity index (χ0n) is 12.4. The number of ether oxygens (including phenoxy) is 1. The second kappa shape index (κ2) is 5.63. The molecule has 2 rings (SSSR count). The Morgan fingerprint density at radius 1 is 1.20 bits per heavy atom. The molecule has 20 heavy (non-hydrogen) atoms. The van der Waals surface area contributed by atoms with Gasteiger partial charge in [0, 0.05) is 12.7 Å². The summed E-state index contributed by atoms with van der Waals surface area (Å²) in [6.45, 7) is 5.95. The van der Waals surface area contributed by atoms with Gasteiger partial charge in [-0.25, -0.2) is 9.78 Å². The molecule has 1 aromatic carbocycles. The van der Waals surface area contributed by atoms with Crippen LogP contribution in [0.25, 0.3) is 0 Å². The number of carbonyl (C=O) groups is 1. The predicted molar refractivity (Wildman–Crippen MR) is 82.2 cm³/mol. The summed E-state index contributed by atoms with van der Waals surface area (Å²) in [6, 6.07) is 6.33. The van der Waals surface area contributed by atoms with Gasteiger partial charge in [0.15, 0.2) is 5.13 Å². The third kappa shape index (κ3) is 2.82. The summed E-state index contributed by atoms with van der Waals surface area (Å²) in [7, 11) is 3.34. The Balaban J connectivity index is 2.38. The lowest BCUT2D eigenvalue weighted by Gasteiger charge is -2.17. The molecule has 4 nitrogen and oxygen atoms in total. The highest BCUT2D eigenvalue weighted by Crippen LogP contribution is 2.31. The summed E-state index contributed by atoms with van der Waals surface area (Å²) < 4.78 is 4.77. The second-order valence-corrected chi connectivity index (χ2v) is 5.79. The molecule has 0 bridgehead atoms. The van der Waals surface area contributed by atoms with E-state index in [2.05, 4.69) is 37.0 Å². The van der Waals surface area contributed by atoms with Gasteiger partial charge in [0.05, 0.1) is 12.8 Å². The number of hydrogen-bond acceptors (Lipinski definition) is 5. The van der Waals surface area contributed by atoms with E-state index >= 15 is 0 Å². The van der Waals surface area contributed by atoms with E-state index in [9.17, 15) is 4.79 Å². The molecule has 0 spiro atoms. The molecule has 0 fully saturated rings. The number of esters is 1. The number of aryl methyl sites for hydroxylation is 3. The first-order valence-electron chi connectivity index (χ1n) is 6.30. The van der Waals surface area contributed by atoms with Gasteiger partial charge in [-0.2, -0.15) is 0 Å². The van der Waals surface area contributed by atoms with E-state index in [4.69, 9.17) is 4.74 Å². The molecule has 1 aromatic heterocycles. The SMILES string of the molecule is COC(=O)c1sc(N(C)c2cc(C)cc(C)c2)nc1C. The van der Waals surface area contributed by atoms with Gasteiger partial charge in [-0.15, -0.1) is 0 Å². The normalized spacial score (nSPS) is 10.4. The molecular formula is C15H18N2O2S. The number of hydrogen-bond donors (Lipinski definition) is 0. The zero-order chi connectivity index (χ0) is 14.9. The number of carbonyl (C=O) groups excluding carboxylic acids is 1. The van der Waals surface area contributed by atoms with Crippen LogP contribution in [0, 0.1) is 20.8 Å². The van der Waals surface area contributed by atoms with Crippen LogP contribution in [0.15, 0.2) is 18.2 Å². The maximum Gasteiger partial charge on any atom is 0.350 e. The molecule has 0 saturated heterocycles. The van der Waals surface area contributed by atoms with Gasteiger partial charge in [-0.05, 0) is 44.0 Å². The third-order valence-electron chi connectivity index (χ3n) is 3.04.